The highest BCUT2D eigenvalue weighted by Gasteiger charge is 2.22. The first kappa shape index (κ1) is 19.5. The Hall–Kier alpha value is -2.82. The van der Waals surface area contributed by atoms with Gasteiger partial charge in [-0.05, 0) is 23.5 Å². The Morgan fingerprint density at radius 3 is 2.08 bits per heavy atom. The number of hydrogen-bond donors (Lipinski definition) is 2. The number of ether oxygens (including phenoxy) is 1. The van der Waals surface area contributed by atoms with Crippen LogP contribution in [-0.2, 0) is 22.7 Å². The second kappa shape index (κ2) is 10.2. The van der Waals surface area contributed by atoms with E-state index in [0.29, 0.717) is 13.0 Å². The first-order valence-electron chi connectivity index (χ1n) is 8.83. The monoisotopic (exact) mass is 354 g/mol. The van der Waals surface area contributed by atoms with Crippen LogP contribution in [0.15, 0.2) is 60.7 Å². The molecule has 2 rings (SSSR count). The fourth-order valence-electron chi connectivity index (χ4n) is 2.52. The first-order valence-corrected chi connectivity index (χ1v) is 8.83. The molecule has 0 saturated heterocycles. The van der Waals surface area contributed by atoms with E-state index < -0.39 is 12.1 Å². The summed E-state index contributed by atoms with van der Waals surface area (Å²) in [4.78, 5) is 24.6. The molecule has 2 N–H and O–H groups in total. The molecule has 5 heteroatoms. The third-order valence-corrected chi connectivity index (χ3v) is 3.84. The number of carbonyl (C=O) groups is 2. The lowest BCUT2D eigenvalue weighted by atomic mass is 10.0. The van der Waals surface area contributed by atoms with Gasteiger partial charge in [0.05, 0.1) is 0 Å². The molecule has 2 amide bonds. The maximum absolute atomic E-state index is 12.5. The molecule has 0 bridgehead atoms. The van der Waals surface area contributed by atoms with Crippen LogP contribution in [0.1, 0.15) is 31.4 Å². The molecule has 26 heavy (non-hydrogen) atoms. The van der Waals surface area contributed by atoms with Gasteiger partial charge < -0.3 is 15.4 Å². The molecule has 0 aromatic heterocycles. The van der Waals surface area contributed by atoms with Crippen molar-refractivity contribution in [3.63, 3.8) is 0 Å². The Balaban J connectivity index is 1.86. The van der Waals surface area contributed by atoms with Crippen molar-refractivity contribution >= 4 is 12.0 Å². The van der Waals surface area contributed by atoms with Gasteiger partial charge in [-0.1, -0.05) is 74.5 Å². The third kappa shape index (κ3) is 6.97. The van der Waals surface area contributed by atoms with Gasteiger partial charge in [-0.2, -0.15) is 0 Å². The maximum Gasteiger partial charge on any atom is 0.408 e. The summed E-state index contributed by atoms with van der Waals surface area (Å²) in [6, 6.07) is 18.5. The molecule has 0 radical (unpaired) electrons. The van der Waals surface area contributed by atoms with Crippen molar-refractivity contribution in [3.8, 4) is 0 Å². The Morgan fingerprint density at radius 2 is 1.50 bits per heavy atom. The number of rotatable bonds is 8. The highest BCUT2D eigenvalue weighted by molar-refractivity contribution is 5.85. The van der Waals surface area contributed by atoms with E-state index in [1.54, 1.807) is 0 Å². The molecule has 0 aliphatic carbocycles. The molecule has 0 aliphatic rings. The van der Waals surface area contributed by atoms with Gasteiger partial charge in [0.25, 0.3) is 0 Å². The molecule has 0 fully saturated rings. The van der Waals surface area contributed by atoms with Crippen LogP contribution in [0.25, 0.3) is 0 Å². The smallest absolute Gasteiger partial charge is 0.408 e. The van der Waals surface area contributed by atoms with Crippen LogP contribution in [0.3, 0.4) is 0 Å². The average molecular weight is 354 g/mol. The van der Waals surface area contributed by atoms with E-state index in [4.69, 9.17) is 4.74 Å². The minimum absolute atomic E-state index is 0.173. The van der Waals surface area contributed by atoms with E-state index in [0.717, 1.165) is 11.1 Å². The van der Waals surface area contributed by atoms with Crippen LogP contribution in [0.5, 0.6) is 0 Å². The van der Waals surface area contributed by atoms with E-state index in [9.17, 15) is 9.59 Å². The quantitative estimate of drug-likeness (QED) is 0.760. The molecule has 0 aliphatic heterocycles. The van der Waals surface area contributed by atoms with Crippen molar-refractivity contribution < 1.29 is 14.3 Å². The second-order valence-electron chi connectivity index (χ2n) is 6.59. The topological polar surface area (TPSA) is 67.4 Å². The zero-order valence-electron chi connectivity index (χ0n) is 15.3. The molecule has 2 aromatic carbocycles. The fourth-order valence-corrected chi connectivity index (χ4v) is 2.52. The number of carbonyl (C=O) groups excluding carboxylic acids is 2. The van der Waals surface area contributed by atoms with Gasteiger partial charge in [0.1, 0.15) is 12.6 Å². The summed E-state index contributed by atoms with van der Waals surface area (Å²) in [5, 5.41) is 5.56. The Labute approximate surface area is 154 Å². The SMILES string of the molecule is CC(C)CC(NC(=O)OCc1ccccc1)C(=O)NCc1ccccc1. The normalized spacial score (nSPS) is 11.7. The minimum atomic E-state index is -0.623. The molecule has 0 saturated carbocycles. The summed E-state index contributed by atoms with van der Waals surface area (Å²) < 4.78 is 5.22. The van der Waals surface area contributed by atoms with Crippen molar-refractivity contribution in [1.29, 1.82) is 0 Å². The van der Waals surface area contributed by atoms with Gasteiger partial charge in [0.15, 0.2) is 0 Å². The lowest BCUT2D eigenvalue weighted by Gasteiger charge is -2.20. The zero-order chi connectivity index (χ0) is 18.8. The van der Waals surface area contributed by atoms with Gasteiger partial charge >= 0.3 is 6.09 Å². The van der Waals surface area contributed by atoms with E-state index >= 15 is 0 Å². The van der Waals surface area contributed by atoms with Crippen molar-refractivity contribution in [2.45, 2.75) is 39.5 Å². The largest absolute Gasteiger partial charge is 0.445 e. The second-order valence-corrected chi connectivity index (χ2v) is 6.59. The predicted octanol–water partition coefficient (Wildman–Crippen LogP) is 3.64. The molecule has 0 heterocycles. The summed E-state index contributed by atoms with van der Waals surface area (Å²) in [5.41, 5.74) is 1.91. The summed E-state index contributed by atoms with van der Waals surface area (Å²) in [6.45, 7) is 4.62. The van der Waals surface area contributed by atoms with Crippen LogP contribution in [0.4, 0.5) is 4.79 Å². The van der Waals surface area contributed by atoms with E-state index in [2.05, 4.69) is 10.6 Å². The van der Waals surface area contributed by atoms with Gasteiger partial charge in [-0.15, -0.1) is 0 Å². The summed E-state index contributed by atoms with van der Waals surface area (Å²) in [6.07, 6.45) is -0.0458. The van der Waals surface area contributed by atoms with E-state index in [1.807, 2.05) is 74.5 Å². The molecule has 5 nitrogen and oxygen atoms in total. The lowest BCUT2D eigenvalue weighted by molar-refractivity contribution is -0.123. The van der Waals surface area contributed by atoms with Gasteiger partial charge in [-0.3, -0.25) is 4.79 Å². The molecule has 1 atom stereocenters. The minimum Gasteiger partial charge on any atom is -0.445 e. The molecular weight excluding hydrogens is 328 g/mol. The standard InChI is InChI=1S/C21H26N2O3/c1-16(2)13-19(20(24)22-14-17-9-5-3-6-10-17)23-21(25)26-15-18-11-7-4-8-12-18/h3-12,16,19H,13-15H2,1-2H3,(H,22,24)(H,23,25). The highest BCUT2D eigenvalue weighted by atomic mass is 16.5. The molecule has 2 aromatic rings. The van der Waals surface area contributed by atoms with Crippen molar-refractivity contribution in [2.24, 2.45) is 5.92 Å². The van der Waals surface area contributed by atoms with Crippen LogP contribution < -0.4 is 10.6 Å². The Kier molecular flexibility index (Phi) is 7.68. The number of nitrogens with one attached hydrogen (secondary N) is 2. The fraction of sp³-hybridized carbons (Fsp3) is 0.333. The zero-order valence-corrected chi connectivity index (χ0v) is 15.3. The lowest BCUT2D eigenvalue weighted by Crippen LogP contribution is -2.47. The number of hydrogen-bond acceptors (Lipinski definition) is 3. The molecule has 0 spiro atoms. The summed E-state index contributed by atoms with van der Waals surface area (Å²) in [7, 11) is 0. The maximum atomic E-state index is 12.5. The van der Waals surface area contributed by atoms with E-state index in [-0.39, 0.29) is 18.4 Å². The Bertz CT molecular complexity index is 687. The first-order chi connectivity index (χ1) is 12.5. The van der Waals surface area contributed by atoms with Crippen LogP contribution in [-0.4, -0.2) is 18.0 Å². The van der Waals surface area contributed by atoms with Crippen molar-refractivity contribution in [3.05, 3.63) is 71.8 Å². The molecule has 1 unspecified atom stereocenters. The summed E-state index contributed by atoms with van der Waals surface area (Å²) in [5.74, 6) is 0.0520. The molecular formula is C21H26N2O3. The van der Waals surface area contributed by atoms with Crippen molar-refractivity contribution in [1.82, 2.24) is 10.6 Å². The van der Waals surface area contributed by atoms with Crippen LogP contribution >= 0.6 is 0 Å². The van der Waals surface area contributed by atoms with Gasteiger partial charge in [-0.25, -0.2) is 4.79 Å². The average Bonchev–Trinajstić information content (AvgIpc) is 2.65. The molecule has 138 valence electrons. The third-order valence-electron chi connectivity index (χ3n) is 3.84. The van der Waals surface area contributed by atoms with Gasteiger partial charge in [0.2, 0.25) is 5.91 Å². The van der Waals surface area contributed by atoms with E-state index in [1.165, 1.54) is 0 Å². The van der Waals surface area contributed by atoms with Crippen LogP contribution in [0.2, 0.25) is 0 Å². The predicted molar refractivity (Wildman–Crippen MR) is 101 cm³/mol. The Morgan fingerprint density at radius 1 is 0.923 bits per heavy atom. The van der Waals surface area contributed by atoms with Gasteiger partial charge in [0, 0.05) is 6.54 Å². The number of amides is 2. The number of alkyl carbamates (subject to hydrolysis) is 1. The van der Waals surface area contributed by atoms with Crippen molar-refractivity contribution in [2.75, 3.05) is 0 Å². The highest BCUT2D eigenvalue weighted by Crippen LogP contribution is 2.07. The summed E-state index contributed by atoms with van der Waals surface area (Å²) >= 11 is 0. The van der Waals surface area contributed by atoms with Crippen LogP contribution in [0, 0.1) is 5.92 Å². The number of benzene rings is 2.